The van der Waals surface area contributed by atoms with Crippen LogP contribution >= 0.6 is 0 Å². The Labute approximate surface area is 549 Å². The Hall–Kier alpha value is -1.71. The number of ether oxygens (including phenoxy) is 4. The van der Waals surface area contributed by atoms with Crippen LogP contribution < -0.4 is 0 Å². The lowest BCUT2D eigenvalue weighted by Gasteiger charge is -2.25. The van der Waals surface area contributed by atoms with Gasteiger partial charge in [0.15, 0.2) is 6.10 Å². The largest absolute Gasteiger partial charge is 0.477 e. The third-order valence-electron chi connectivity index (χ3n) is 18.6. The number of hydrogen-bond donors (Lipinski definition) is 1. The molecular formula is C79H156NO8+. The molecule has 0 heterocycles. The van der Waals surface area contributed by atoms with Crippen LogP contribution in [0.3, 0.4) is 0 Å². The van der Waals surface area contributed by atoms with Crippen LogP contribution in [0.2, 0.25) is 0 Å². The number of carbonyl (C=O) groups excluding carboxylic acids is 2. The van der Waals surface area contributed by atoms with E-state index in [1.807, 2.05) is 21.1 Å². The Kier molecular flexibility index (Phi) is 69.8. The molecule has 0 bridgehead atoms. The second kappa shape index (κ2) is 71.1. The van der Waals surface area contributed by atoms with Crippen LogP contribution in [0, 0.1) is 0 Å². The van der Waals surface area contributed by atoms with Crippen molar-refractivity contribution < 1.29 is 42.9 Å². The van der Waals surface area contributed by atoms with Gasteiger partial charge in [0.25, 0.3) is 6.29 Å². The molecule has 0 saturated heterocycles. The topological polar surface area (TPSA) is 108 Å². The molecule has 0 saturated carbocycles. The van der Waals surface area contributed by atoms with Crippen molar-refractivity contribution >= 4 is 17.9 Å². The number of esters is 2. The van der Waals surface area contributed by atoms with Crippen LogP contribution in [0.1, 0.15) is 431 Å². The van der Waals surface area contributed by atoms with Gasteiger partial charge in [0.05, 0.1) is 34.4 Å². The summed E-state index contributed by atoms with van der Waals surface area (Å²) in [6.07, 6.45) is 84.2. The maximum absolute atomic E-state index is 13.0. The molecule has 0 aliphatic carbocycles. The number of hydrogen-bond acceptors (Lipinski definition) is 7. The second-order valence-corrected chi connectivity index (χ2v) is 28.7. The molecule has 0 fully saturated rings. The zero-order valence-corrected chi connectivity index (χ0v) is 60.2. The fourth-order valence-electron chi connectivity index (χ4n) is 12.6. The zero-order chi connectivity index (χ0) is 64.0. The molecule has 0 aromatic rings. The van der Waals surface area contributed by atoms with E-state index in [2.05, 4.69) is 13.8 Å². The highest BCUT2D eigenvalue weighted by Crippen LogP contribution is 2.21. The molecule has 524 valence electrons. The van der Waals surface area contributed by atoms with Gasteiger partial charge >= 0.3 is 17.9 Å². The molecule has 0 aliphatic rings. The third-order valence-corrected chi connectivity index (χ3v) is 18.6. The van der Waals surface area contributed by atoms with E-state index in [-0.39, 0.29) is 38.2 Å². The number of aliphatic carboxylic acids is 1. The number of quaternary nitrogens is 1. The maximum atomic E-state index is 13.0. The molecule has 0 radical (unpaired) electrons. The van der Waals surface area contributed by atoms with Crippen molar-refractivity contribution in [2.24, 2.45) is 0 Å². The summed E-state index contributed by atoms with van der Waals surface area (Å²) in [5, 5.41) is 9.76. The number of unbranched alkanes of at least 4 members (excludes halogenated alkanes) is 61. The van der Waals surface area contributed by atoms with Gasteiger partial charge in [-0.25, -0.2) is 4.79 Å². The van der Waals surface area contributed by atoms with E-state index >= 15 is 0 Å². The first-order valence-electron chi connectivity index (χ1n) is 39.7. The fraction of sp³-hybridized carbons (Fsp3) is 0.962. The summed E-state index contributed by atoms with van der Waals surface area (Å²) in [5.74, 6) is -1.96. The summed E-state index contributed by atoms with van der Waals surface area (Å²) >= 11 is 0. The summed E-state index contributed by atoms with van der Waals surface area (Å²) in [6.45, 7) is 4.98. The molecule has 2 unspecified atom stereocenters. The van der Waals surface area contributed by atoms with Gasteiger partial charge < -0.3 is 28.5 Å². The quantitative estimate of drug-likeness (QED) is 0.0278. The fourth-order valence-corrected chi connectivity index (χ4v) is 12.6. The van der Waals surface area contributed by atoms with Crippen LogP contribution in [0.15, 0.2) is 0 Å². The number of carboxylic acid groups (broad SMARTS) is 1. The van der Waals surface area contributed by atoms with Crippen molar-refractivity contribution in [3.63, 3.8) is 0 Å². The monoisotopic (exact) mass is 1250 g/mol. The van der Waals surface area contributed by atoms with Crippen LogP contribution in [0.4, 0.5) is 0 Å². The number of carboxylic acids is 1. The Bertz CT molecular complexity index is 1400. The van der Waals surface area contributed by atoms with Crippen LogP contribution in [-0.2, 0) is 33.3 Å². The molecule has 0 amide bonds. The molecule has 1 N–H and O–H groups in total. The average molecular weight is 1250 g/mol. The summed E-state index contributed by atoms with van der Waals surface area (Å²) < 4.78 is 23.0. The van der Waals surface area contributed by atoms with Crippen molar-refractivity contribution in [1.82, 2.24) is 0 Å². The number of nitrogens with zero attached hydrogens (tertiary/aromatic N) is 1. The first-order valence-corrected chi connectivity index (χ1v) is 39.7. The van der Waals surface area contributed by atoms with Gasteiger partial charge in [0.1, 0.15) is 13.2 Å². The van der Waals surface area contributed by atoms with E-state index in [4.69, 9.17) is 18.9 Å². The molecule has 0 spiro atoms. The predicted molar refractivity (Wildman–Crippen MR) is 379 cm³/mol. The number of carbonyl (C=O) groups is 3. The van der Waals surface area contributed by atoms with Gasteiger partial charge in [-0.15, -0.1) is 0 Å². The van der Waals surface area contributed by atoms with Crippen molar-refractivity contribution in [2.75, 3.05) is 47.5 Å². The van der Waals surface area contributed by atoms with Crippen molar-refractivity contribution in [2.45, 2.75) is 444 Å². The molecule has 2 atom stereocenters. The molecule has 0 aromatic heterocycles. The molecule has 9 heteroatoms. The zero-order valence-electron chi connectivity index (χ0n) is 60.2. The van der Waals surface area contributed by atoms with E-state index < -0.39 is 18.4 Å². The highest BCUT2D eigenvalue weighted by Gasteiger charge is 2.25. The maximum Gasteiger partial charge on any atom is 0.361 e. The van der Waals surface area contributed by atoms with E-state index in [1.165, 1.54) is 366 Å². The van der Waals surface area contributed by atoms with Gasteiger partial charge in [-0.05, 0) is 12.8 Å². The van der Waals surface area contributed by atoms with Crippen LogP contribution in [0.5, 0.6) is 0 Å². The highest BCUT2D eigenvalue weighted by atomic mass is 16.7. The van der Waals surface area contributed by atoms with Crippen LogP contribution in [-0.4, -0.2) is 87.4 Å². The molecular weight excluding hydrogens is 1090 g/mol. The van der Waals surface area contributed by atoms with E-state index in [9.17, 15) is 19.5 Å². The van der Waals surface area contributed by atoms with E-state index in [0.29, 0.717) is 17.4 Å². The molecule has 0 aromatic carbocycles. The normalized spacial score (nSPS) is 12.5. The average Bonchev–Trinajstić information content (AvgIpc) is 3.54. The second-order valence-electron chi connectivity index (χ2n) is 28.7. The predicted octanol–water partition coefficient (Wildman–Crippen LogP) is 25.0. The van der Waals surface area contributed by atoms with Gasteiger partial charge in [-0.3, -0.25) is 9.59 Å². The van der Waals surface area contributed by atoms with E-state index in [1.54, 1.807) is 0 Å². The summed E-state index contributed by atoms with van der Waals surface area (Å²) in [7, 11) is 6.00. The number of rotatable bonds is 76. The number of likely N-dealkylation sites (N-methyl/N-ethyl adjacent to an activating group) is 1. The Morgan fingerprint density at radius 3 is 0.727 bits per heavy atom. The molecule has 88 heavy (non-hydrogen) atoms. The van der Waals surface area contributed by atoms with Crippen molar-refractivity contribution in [1.29, 1.82) is 0 Å². The van der Waals surface area contributed by atoms with Crippen molar-refractivity contribution in [3.8, 4) is 0 Å². The lowest BCUT2D eigenvalue weighted by Crippen LogP contribution is -2.40. The highest BCUT2D eigenvalue weighted by molar-refractivity contribution is 5.71. The minimum atomic E-state index is -1.50. The Morgan fingerprint density at radius 2 is 0.511 bits per heavy atom. The van der Waals surface area contributed by atoms with E-state index in [0.717, 1.165) is 38.5 Å². The lowest BCUT2D eigenvalue weighted by atomic mass is 10.0. The molecule has 0 aliphatic heterocycles. The minimum Gasteiger partial charge on any atom is -0.477 e. The summed E-state index contributed by atoms with van der Waals surface area (Å²) in [6, 6.07) is 0. The first kappa shape index (κ1) is 86.3. The Balaban J connectivity index is 3.90. The lowest BCUT2D eigenvalue weighted by molar-refractivity contribution is -0.870. The smallest absolute Gasteiger partial charge is 0.361 e. The van der Waals surface area contributed by atoms with Crippen LogP contribution in [0.25, 0.3) is 0 Å². The Morgan fingerprint density at radius 1 is 0.295 bits per heavy atom. The van der Waals surface area contributed by atoms with Crippen molar-refractivity contribution in [3.05, 3.63) is 0 Å². The SMILES string of the molecule is CCCCCCCCCCCCCCCCCCCCCCCCCCCCCCCCCCCCCCCCCCC(=O)OC(COC(=O)CCCCCCCCCCCCCCCCCCCCCCCCC)COC(OCC[N+](C)(C)C)C(=O)O. The summed E-state index contributed by atoms with van der Waals surface area (Å²) in [4.78, 5) is 37.7. The summed E-state index contributed by atoms with van der Waals surface area (Å²) in [5.41, 5.74) is 0. The van der Waals surface area contributed by atoms with Gasteiger partial charge in [0, 0.05) is 12.8 Å². The third kappa shape index (κ3) is 71.7. The van der Waals surface area contributed by atoms with Gasteiger partial charge in [-0.2, -0.15) is 0 Å². The van der Waals surface area contributed by atoms with Gasteiger partial charge in [-0.1, -0.05) is 406 Å². The molecule has 0 rings (SSSR count). The standard InChI is InChI=1S/C79H155NO8/c1-6-8-10-12-14-16-18-20-22-24-26-28-30-31-32-33-34-35-36-37-38-39-40-41-42-43-44-45-46-48-50-52-54-56-58-60-62-64-66-68-70-77(82)88-75(74-87-79(78(83)84)85-72-71-80(3,4)5)73-86-76(81)69-67-65-63-61-59-57-55-53-51-49-47-29-27-25-23-21-19-17-15-13-11-9-7-2/h75,79H,6-74H2,1-5H3/p+1. The molecule has 9 nitrogen and oxygen atoms in total. The first-order chi connectivity index (χ1) is 43.1. The van der Waals surface area contributed by atoms with Gasteiger partial charge in [0.2, 0.25) is 0 Å². The minimum absolute atomic E-state index is 0.172.